The second kappa shape index (κ2) is 7.13. The van der Waals surface area contributed by atoms with E-state index in [9.17, 15) is 9.59 Å². The predicted octanol–water partition coefficient (Wildman–Crippen LogP) is 2.28. The minimum Gasteiger partial charge on any atom is -0.336 e. The highest BCUT2D eigenvalue weighted by molar-refractivity contribution is 5.94. The third-order valence-corrected chi connectivity index (χ3v) is 4.59. The first-order valence-electron chi connectivity index (χ1n) is 8.54. The van der Waals surface area contributed by atoms with Crippen molar-refractivity contribution >= 4 is 17.5 Å². The zero-order valence-corrected chi connectivity index (χ0v) is 13.7. The molecule has 2 amide bonds. The van der Waals surface area contributed by atoms with Crippen LogP contribution in [0.3, 0.4) is 0 Å². The Morgan fingerprint density at radius 3 is 2.48 bits per heavy atom. The van der Waals surface area contributed by atoms with Gasteiger partial charge in [0.2, 0.25) is 11.8 Å². The van der Waals surface area contributed by atoms with E-state index in [-0.39, 0.29) is 17.9 Å². The predicted molar refractivity (Wildman–Crippen MR) is 90.0 cm³/mol. The molecule has 2 aliphatic rings. The van der Waals surface area contributed by atoms with Crippen molar-refractivity contribution in [1.82, 2.24) is 10.2 Å². The highest BCUT2D eigenvalue weighted by atomic mass is 16.2. The first-order valence-corrected chi connectivity index (χ1v) is 8.54. The Labute approximate surface area is 137 Å². The number of rotatable bonds is 5. The van der Waals surface area contributed by atoms with Crippen LogP contribution in [0.15, 0.2) is 24.3 Å². The summed E-state index contributed by atoms with van der Waals surface area (Å²) in [4.78, 5) is 25.8. The average Bonchev–Trinajstić information content (AvgIpc) is 3.39. The fraction of sp³-hybridized carbons (Fsp3) is 0.556. The van der Waals surface area contributed by atoms with Crippen LogP contribution in [-0.4, -0.2) is 35.3 Å². The van der Waals surface area contributed by atoms with Crippen LogP contribution >= 0.6 is 0 Å². The number of benzene rings is 1. The fourth-order valence-corrected chi connectivity index (χ4v) is 3.08. The van der Waals surface area contributed by atoms with Gasteiger partial charge in [-0.05, 0) is 49.9 Å². The Morgan fingerprint density at radius 2 is 1.91 bits per heavy atom. The largest absolute Gasteiger partial charge is 0.336 e. The van der Waals surface area contributed by atoms with E-state index in [2.05, 4.69) is 10.6 Å². The second-order valence-corrected chi connectivity index (χ2v) is 6.57. The van der Waals surface area contributed by atoms with Crippen molar-refractivity contribution in [3.05, 3.63) is 29.8 Å². The van der Waals surface area contributed by atoms with Crippen molar-refractivity contribution in [2.75, 3.05) is 11.9 Å². The molecule has 0 bridgehead atoms. The summed E-state index contributed by atoms with van der Waals surface area (Å²) in [6.07, 6.45) is 5.38. The molecule has 0 spiro atoms. The average molecular weight is 315 g/mol. The molecule has 1 atom stereocenters. The van der Waals surface area contributed by atoms with Crippen molar-refractivity contribution in [2.45, 2.75) is 57.7 Å². The Morgan fingerprint density at radius 1 is 1.17 bits per heavy atom. The molecule has 5 nitrogen and oxygen atoms in total. The summed E-state index contributed by atoms with van der Waals surface area (Å²) in [5.41, 5.74) is 1.91. The molecule has 2 fully saturated rings. The van der Waals surface area contributed by atoms with Crippen LogP contribution in [0.1, 0.15) is 44.6 Å². The van der Waals surface area contributed by atoms with Gasteiger partial charge < -0.3 is 15.5 Å². The number of carbonyl (C=O) groups is 2. The third kappa shape index (κ3) is 4.32. The van der Waals surface area contributed by atoms with Crippen LogP contribution in [-0.2, 0) is 16.1 Å². The standard InChI is InChI=1S/C18H25N3O2/c1-13(22)21(16-9-10-16)12-14-5-7-15(8-6-14)20-18(23)17-4-2-3-11-19-17/h5-8,16-17,19H,2-4,9-12H2,1H3,(H,20,23). The fourth-order valence-electron chi connectivity index (χ4n) is 3.08. The Hall–Kier alpha value is -1.88. The number of anilines is 1. The van der Waals surface area contributed by atoms with E-state index in [0.29, 0.717) is 12.6 Å². The number of nitrogens with zero attached hydrogens (tertiary/aromatic N) is 1. The topological polar surface area (TPSA) is 61.4 Å². The van der Waals surface area contributed by atoms with Gasteiger partial charge in [0, 0.05) is 25.2 Å². The van der Waals surface area contributed by atoms with Gasteiger partial charge in [0.1, 0.15) is 0 Å². The van der Waals surface area contributed by atoms with Gasteiger partial charge in [-0.1, -0.05) is 18.6 Å². The molecule has 2 N–H and O–H groups in total. The van der Waals surface area contributed by atoms with Crippen molar-refractivity contribution in [3.8, 4) is 0 Å². The van der Waals surface area contributed by atoms with E-state index in [1.807, 2.05) is 29.2 Å². The molecular formula is C18H25N3O2. The highest BCUT2D eigenvalue weighted by Crippen LogP contribution is 2.28. The smallest absolute Gasteiger partial charge is 0.241 e. The summed E-state index contributed by atoms with van der Waals surface area (Å²) in [6.45, 7) is 3.20. The summed E-state index contributed by atoms with van der Waals surface area (Å²) >= 11 is 0. The first kappa shape index (κ1) is 16.0. The molecule has 1 aromatic carbocycles. The quantitative estimate of drug-likeness (QED) is 0.876. The van der Waals surface area contributed by atoms with E-state index < -0.39 is 0 Å². The molecule has 1 saturated carbocycles. The Balaban J connectivity index is 1.56. The molecule has 124 valence electrons. The van der Waals surface area contributed by atoms with Gasteiger partial charge in [0.05, 0.1) is 6.04 Å². The molecule has 1 saturated heterocycles. The van der Waals surface area contributed by atoms with Gasteiger partial charge in [-0.2, -0.15) is 0 Å². The molecule has 1 aliphatic heterocycles. The van der Waals surface area contributed by atoms with Gasteiger partial charge >= 0.3 is 0 Å². The van der Waals surface area contributed by atoms with E-state index >= 15 is 0 Å². The molecule has 0 radical (unpaired) electrons. The maximum atomic E-state index is 12.2. The lowest BCUT2D eigenvalue weighted by Gasteiger charge is -2.23. The molecule has 1 aromatic rings. The van der Waals surface area contributed by atoms with Crippen LogP contribution in [0.4, 0.5) is 5.69 Å². The van der Waals surface area contributed by atoms with Gasteiger partial charge in [-0.3, -0.25) is 9.59 Å². The monoisotopic (exact) mass is 315 g/mol. The molecule has 1 heterocycles. The highest BCUT2D eigenvalue weighted by Gasteiger charge is 2.30. The van der Waals surface area contributed by atoms with E-state index in [0.717, 1.165) is 49.9 Å². The number of amides is 2. The van der Waals surface area contributed by atoms with Crippen LogP contribution in [0, 0.1) is 0 Å². The summed E-state index contributed by atoms with van der Waals surface area (Å²) < 4.78 is 0. The number of nitrogens with one attached hydrogen (secondary N) is 2. The van der Waals surface area contributed by atoms with E-state index in [1.165, 1.54) is 0 Å². The van der Waals surface area contributed by atoms with E-state index in [1.54, 1.807) is 6.92 Å². The second-order valence-electron chi connectivity index (χ2n) is 6.57. The Bertz CT molecular complexity index is 560. The number of carbonyl (C=O) groups excluding carboxylic acids is 2. The van der Waals surface area contributed by atoms with Crippen LogP contribution in [0.5, 0.6) is 0 Å². The lowest BCUT2D eigenvalue weighted by molar-refractivity contribution is -0.130. The van der Waals surface area contributed by atoms with Crippen LogP contribution < -0.4 is 10.6 Å². The maximum absolute atomic E-state index is 12.2. The molecular weight excluding hydrogens is 290 g/mol. The van der Waals surface area contributed by atoms with Crippen molar-refractivity contribution in [1.29, 1.82) is 0 Å². The molecule has 1 aliphatic carbocycles. The lowest BCUT2D eigenvalue weighted by atomic mass is 10.0. The van der Waals surface area contributed by atoms with Gasteiger partial charge in [0.25, 0.3) is 0 Å². The maximum Gasteiger partial charge on any atom is 0.241 e. The SMILES string of the molecule is CC(=O)N(Cc1ccc(NC(=O)C2CCCCN2)cc1)C1CC1. The summed E-state index contributed by atoms with van der Waals surface area (Å²) in [5, 5.41) is 6.22. The zero-order valence-electron chi connectivity index (χ0n) is 13.7. The third-order valence-electron chi connectivity index (χ3n) is 4.59. The molecule has 3 rings (SSSR count). The van der Waals surface area contributed by atoms with E-state index in [4.69, 9.17) is 0 Å². The summed E-state index contributed by atoms with van der Waals surface area (Å²) in [7, 11) is 0. The molecule has 1 unspecified atom stereocenters. The van der Waals surface area contributed by atoms with Crippen molar-refractivity contribution < 1.29 is 9.59 Å². The lowest BCUT2D eigenvalue weighted by Crippen LogP contribution is -2.43. The van der Waals surface area contributed by atoms with Crippen molar-refractivity contribution in [2.24, 2.45) is 0 Å². The Kier molecular flexibility index (Phi) is 4.96. The summed E-state index contributed by atoms with van der Waals surface area (Å²) in [5.74, 6) is 0.175. The minimum absolute atomic E-state index is 0.0424. The molecule has 0 aromatic heterocycles. The van der Waals surface area contributed by atoms with Crippen LogP contribution in [0.2, 0.25) is 0 Å². The van der Waals surface area contributed by atoms with Gasteiger partial charge in [-0.15, -0.1) is 0 Å². The van der Waals surface area contributed by atoms with Gasteiger partial charge in [-0.25, -0.2) is 0 Å². The van der Waals surface area contributed by atoms with Crippen LogP contribution in [0.25, 0.3) is 0 Å². The number of hydrogen-bond acceptors (Lipinski definition) is 3. The van der Waals surface area contributed by atoms with Crippen molar-refractivity contribution in [3.63, 3.8) is 0 Å². The zero-order chi connectivity index (χ0) is 16.2. The minimum atomic E-state index is -0.0773. The number of piperidine rings is 1. The van der Waals surface area contributed by atoms with Gasteiger partial charge in [0.15, 0.2) is 0 Å². The number of hydrogen-bond donors (Lipinski definition) is 2. The molecule has 5 heteroatoms. The summed E-state index contributed by atoms with van der Waals surface area (Å²) in [6, 6.07) is 8.16. The normalized spacial score (nSPS) is 20.8. The molecule has 23 heavy (non-hydrogen) atoms. The first-order chi connectivity index (χ1) is 11.1.